The van der Waals surface area contributed by atoms with Gasteiger partial charge in [-0.1, -0.05) is 13.8 Å². The lowest BCUT2D eigenvalue weighted by Gasteiger charge is -2.27. The molecular formula is C12H19F2NO2. The van der Waals surface area contributed by atoms with E-state index in [2.05, 4.69) is 0 Å². The molecule has 0 radical (unpaired) electrons. The van der Waals surface area contributed by atoms with Crippen molar-refractivity contribution in [1.82, 2.24) is 0 Å². The van der Waals surface area contributed by atoms with Gasteiger partial charge in [0.2, 0.25) is 0 Å². The summed E-state index contributed by atoms with van der Waals surface area (Å²) in [5.74, 6) is -1.33. The van der Waals surface area contributed by atoms with E-state index in [1.54, 1.807) is 0 Å². The van der Waals surface area contributed by atoms with Crippen LogP contribution >= 0.6 is 0 Å². The number of hydrogen-bond donors (Lipinski definition) is 1. The predicted octanol–water partition coefficient (Wildman–Crippen LogP) is 2.47. The number of rotatable bonds is 3. The fourth-order valence-electron chi connectivity index (χ4n) is 1.35. The molecule has 2 N–H and O–H groups in total. The first-order chi connectivity index (χ1) is 8.20. The maximum absolute atomic E-state index is 13.4. The smallest absolute Gasteiger partial charge is 0.168 e. The summed E-state index contributed by atoms with van der Waals surface area (Å²) in [6.45, 7) is 4.90. The second-order valence-electron chi connectivity index (χ2n) is 3.36. The SMILES string of the molecule is CC.NCc1cc(F)cc(F)c1OC1COC1.[HH]. The Morgan fingerprint density at radius 2 is 2.06 bits per heavy atom. The van der Waals surface area contributed by atoms with E-state index in [-0.39, 0.29) is 19.8 Å². The molecule has 1 aromatic rings. The second kappa shape index (κ2) is 6.51. The van der Waals surface area contributed by atoms with Crippen molar-refractivity contribution in [2.45, 2.75) is 26.5 Å². The summed E-state index contributed by atoms with van der Waals surface area (Å²) in [5.41, 5.74) is 5.71. The largest absolute Gasteiger partial charge is 0.482 e. The number of nitrogens with two attached hydrogens (primary N) is 1. The zero-order valence-electron chi connectivity index (χ0n) is 10.0. The van der Waals surface area contributed by atoms with Crippen molar-refractivity contribution in [2.24, 2.45) is 5.73 Å². The van der Waals surface area contributed by atoms with Crippen molar-refractivity contribution in [3.8, 4) is 5.75 Å². The van der Waals surface area contributed by atoms with Crippen LogP contribution in [-0.4, -0.2) is 19.3 Å². The third-order valence-corrected chi connectivity index (χ3v) is 2.20. The van der Waals surface area contributed by atoms with Gasteiger partial charge in [-0.15, -0.1) is 0 Å². The average molecular weight is 247 g/mol. The van der Waals surface area contributed by atoms with Gasteiger partial charge in [0.25, 0.3) is 0 Å². The van der Waals surface area contributed by atoms with Crippen LogP contribution in [-0.2, 0) is 11.3 Å². The molecule has 3 nitrogen and oxygen atoms in total. The zero-order valence-corrected chi connectivity index (χ0v) is 10.0. The normalized spacial score (nSPS) is 14.6. The molecule has 0 aromatic heterocycles. The Morgan fingerprint density at radius 3 is 2.53 bits per heavy atom. The van der Waals surface area contributed by atoms with Gasteiger partial charge >= 0.3 is 0 Å². The second-order valence-corrected chi connectivity index (χ2v) is 3.36. The van der Waals surface area contributed by atoms with E-state index in [1.807, 2.05) is 13.8 Å². The molecule has 0 amide bonds. The van der Waals surface area contributed by atoms with E-state index in [4.69, 9.17) is 15.2 Å². The van der Waals surface area contributed by atoms with E-state index in [0.717, 1.165) is 6.07 Å². The molecule has 0 bridgehead atoms. The molecule has 0 atom stereocenters. The Hall–Kier alpha value is -1.20. The molecule has 2 rings (SSSR count). The first kappa shape index (κ1) is 13.9. The lowest BCUT2D eigenvalue weighted by atomic mass is 10.2. The van der Waals surface area contributed by atoms with Crippen LogP contribution in [0.25, 0.3) is 0 Å². The van der Waals surface area contributed by atoms with Crippen molar-refractivity contribution in [3.05, 3.63) is 29.3 Å². The third-order valence-electron chi connectivity index (χ3n) is 2.20. The quantitative estimate of drug-likeness (QED) is 0.892. The summed E-state index contributed by atoms with van der Waals surface area (Å²) >= 11 is 0. The van der Waals surface area contributed by atoms with Crippen LogP contribution in [0.5, 0.6) is 5.75 Å². The molecule has 1 saturated heterocycles. The monoisotopic (exact) mass is 247 g/mol. The first-order valence-corrected chi connectivity index (χ1v) is 5.63. The van der Waals surface area contributed by atoms with Gasteiger partial charge in [0.05, 0.1) is 13.2 Å². The lowest BCUT2D eigenvalue weighted by Crippen LogP contribution is -2.39. The highest BCUT2D eigenvalue weighted by molar-refractivity contribution is 5.35. The zero-order chi connectivity index (χ0) is 12.8. The number of benzene rings is 1. The lowest BCUT2D eigenvalue weighted by molar-refractivity contribution is -0.0812. The maximum atomic E-state index is 13.4. The maximum Gasteiger partial charge on any atom is 0.168 e. The van der Waals surface area contributed by atoms with Gasteiger partial charge in [0.15, 0.2) is 11.6 Å². The van der Waals surface area contributed by atoms with E-state index < -0.39 is 11.6 Å². The van der Waals surface area contributed by atoms with Gasteiger partial charge in [0.1, 0.15) is 11.9 Å². The number of halogens is 2. The molecular weight excluding hydrogens is 228 g/mol. The minimum Gasteiger partial charge on any atom is -0.482 e. The Labute approximate surface area is 101 Å². The Balaban J connectivity index is 0.000000917. The van der Waals surface area contributed by atoms with Crippen molar-refractivity contribution in [1.29, 1.82) is 0 Å². The van der Waals surface area contributed by atoms with E-state index >= 15 is 0 Å². The highest BCUT2D eigenvalue weighted by Crippen LogP contribution is 2.26. The summed E-state index contributed by atoms with van der Waals surface area (Å²) in [6.07, 6.45) is -0.157. The molecule has 1 aliphatic heterocycles. The molecule has 17 heavy (non-hydrogen) atoms. The number of ether oxygens (including phenoxy) is 2. The molecule has 0 saturated carbocycles. The molecule has 0 spiro atoms. The van der Waals surface area contributed by atoms with Gasteiger partial charge in [-0.2, -0.15) is 0 Å². The first-order valence-electron chi connectivity index (χ1n) is 5.63. The van der Waals surface area contributed by atoms with Gasteiger partial charge in [-0.05, 0) is 6.07 Å². The Bertz CT molecular complexity index is 373. The highest BCUT2D eigenvalue weighted by Gasteiger charge is 2.23. The molecule has 1 aliphatic rings. The summed E-state index contributed by atoms with van der Waals surface area (Å²) < 4.78 is 36.4. The van der Waals surface area contributed by atoms with Crippen molar-refractivity contribution in [3.63, 3.8) is 0 Å². The van der Waals surface area contributed by atoms with E-state index in [1.165, 1.54) is 6.07 Å². The minimum atomic E-state index is -0.720. The van der Waals surface area contributed by atoms with Gasteiger partial charge in [0, 0.05) is 19.6 Å². The van der Waals surface area contributed by atoms with Crippen LogP contribution < -0.4 is 10.5 Å². The van der Waals surface area contributed by atoms with Gasteiger partial charge in [-0.3, -0.25) is 0 Å². The van der Waals surface area contributed by atoms with Crippen LogP contribution in [0.2, 0.25) is 0 Å². The van der Waals surface area contributed by atoms with Crippen LogP contribution in [0.1, 0.15) is 20.8 Å². The fourth-order valence-corrected chi connectivity index (χ4v) is 1.35. The molecule has 1 fully saturated rings. The Kier molecular flexibility index (Phi) is 5.31. The third kappa shape index (κ3) is 3.38. The molecule has 1 aromatic carbocycles. The van der Waals surface area contributed by atoms with Crippen molar-refractivity contribution >= 4 is 0 Å². The number of hydrogen-bond acceptors (Lipinski definition) is 3. The molecule has 5 heteroatoms. The highest BCUT2D eigenvalue weighted by atomic mass is 19.1. The predicted molar refractivity (Wildman–Crippen MR) is 62.9 cm³/mol. The van der Waals surface area contributed by atoms with Gasteiger partial charge < -0.3 is 15.2 Å². The summed E-state index contributed by atoms with van der Waals surface area (Å²) in [6, 6.07) is 1.96. The summed E-state index contributed by atoms with van der Waals surface area (Å²) in [7, 11) is 0. The molecule has 1 heterocycles. The van der Waals surface area contributed by atoms with E-state index in [0.29, 0.717) is 18.8 Å². The fraction of sp³-hybridized carbons (Fsp3) is 0.500. The molecule has 0 aliphatic carbocycles. The standard InChI is InChI=1S/C10H11F2NO2.C2H6.H2/c11-7-1-6(3-13)10(9(12)2-7)15-8-4-14-5-8;1-2;/h1-2,8H,3-5,13H2;1-2H3;1H. The van der Waals surface area contributed by atoms with Crippen LogP contribution in [0, 0.1) is 11.6 Å². The summed E-state index contributed by atoms with van der Waals surface area (Å²) in [4.78, 5) is 0. The Morgan fingerprint density at radius 1 is 1.41 bits per heavy atom. The topological polar surface area (TPSA) is 44.5 Å². The van der Waals surface area contributed by atoms with Crippen LogP contribution in [0.3, 0.4) is 0 Å². The van der Waals surface area contributed by atoms with Crippen LogP contribution in [0.15, 0.2) is 12.1 Å². The van der Waals surface area contributed by atoms with Crippen molar-refractivity contribution in [2.75, 3.05) is 13.2 Å². The summed E-state index contributed by atoms with van der Waals surface area (Å²) in [5, 5.41) is 0. The average Bonchev–Trinajstić information content (AvgIpc) is 2.27. The van der Waals surface area contributed by atoms with Crippen LogP contribution in [0.4, 0.5) is 8.78 Å². The molecule has 0 unspecified atom stereocenters. The minimum absolute atomic E-state index is 0. The van der Waals surface area contributed by atoms with E-state index in [9.17, 15) is 8.78 Å². The van der Waals surface area contributed by atoms with Gasteiger partial charge in [-0.25, -0.2) is 8.78 Å². The van der Waals surface area contributed by atoms with Crippen molar-refractivity contribution < 1.29 is 19.7 Å². The molecule has 98 valence electrons.